The van der Waals surface area contributed by atoms with E-state index in [4.69, 9.17) is 0 Å². The predicted molar refractivity (Wildman–Crippen MR) is 82.7 cm³/mol. The van der Waals surface area contributed by atoms with Crippen LogP contribution in [0.5, 0.6) is 0 Å². The third-order valence-electron chi connectivity index (χ3n) is 3.87. The van der Waals surface area contributed by atoms with Gasteiger partial charge in [0.05, 0.1) is 3.79 Å². The van der Waals surface area contributed by atoms with Gasteiger partial charge in [0.2, 0.25) is 0 Å². The molecule has 0 fully saturated rings. The van der Waals surface area contributed by atoms with Crippen LogP contribution >= 0.6 is 27.3 Å². The van der Waals surface area contributed by atoms with E-state index in [1.54, 1.807) is 4.50 Å². The summed E-state index contributed by atoms with van der Waals surface area (Å²) in [6.45, 7) is 14.5. The highest BCUT2D eigenvalue weighted by Gasteiger charge is 2.45. The SMILES string of the molecule is CC(C)[Si](c1ccc(Br)s1)(C(C)C)C(C)C. The second kappa shape index (κ2) is 5.36. The van der Waals surface area contributed by atoms with Crippen LogP contribution in [-0.4, -0.2) is 8.07 Å². The Hall–Kier alpha value is 0.397. The zero-order chi connectivity index (χ0) is 12.5. The van der Waals surface area contributed by atoms with Crippen LogP contribution in [0.3, 0.4) is 0 Å². The van der Waals surface area contributed by atoms with Crippen molar-refractivity contribution in [2.24, 2.45) is 0 Å². The van der Waals surface area contributed by atoms with Crippen LogP contribution in [-0.2, 0) is 0 Å². The third kappa shape index (κ3) is 2.32. The lowest BCUT2D eigenvalue weighted by Gasteiger charge is -2.42. The largest absolute Gasteiger partial charge is 0.138 e. The molecular weight excluding hydrogens is 296 g/mol. The average Bonchev–Trinajstić information content (AvgIpc) is 2.50. The van der Waals surface area contributed by atoms with Crippen molar-refractivity contribution in [3.63, 3.8) is 0 Å². The van der Waals surface area contributed by atoms with E-state index in [9.17, 15) is 0 Å². The van der Waals surface area contributed by atoms with Gasteiger partial charge in [0.15, 0.2) is 0 Å². The molecule has 0 atom stereocenters. The summed E-state index contributed by atoms with van der Waals surface area (Å²) in [7, 11) is -1.39. The molecule has 0 aromatic carbocycles. The van der Waals surface area contributed by atoms with E-state index in [1.165, 1.54) is 3.79 Å². The van der Waals surface area contributed by atoms with Crippen molar-refractivity contribution in [3.8, 4) is 0 Å². The van der Waals surface area contributed by atoms with Crippen molar-refractivity contribution in [1.82, 2.24) is 0 Å². The zero-order valence-corrected chi connectivity index (χ0v) is 14.6. The Labute approximate surface area is 114 Å². The summed E-state index contributed by atoms with van der Waals surface area (Å²) in [6, 6.07) is 4.58. The van der Waals surface area contributed by atoms with Gasteiger partial charge in [-0.2, -0.15) is 0 Å². The molecule has 0 radical (unpaired) electrons. The highest BCUT2D eigenvalue weighted by Crippen LogP contribution is 2.42. The molecule has 1 aromatic rings. The summed E-state index contributed by atoms with van der Waals surface area (Å²) >= 11 is 5.57. The Morgan fingerprint density at radius 1 is 0.938 bits per heavy atom. The molecule has 0 aliphatic rings. The van der Waals surface area contributed by atoms with Crippen molar-refractivity contribution in [2.75, 3.05) is 0 Å². The molecule has 3 heteroatoms. The van der Waals surface area contributed by atoms with Gasteiger partial charge in [0.1, 0.15) is 8.07 Å². The number of rotatable bonds is 4. The average molecular weight is 319 g/mol. The van der Waals surface area contributed by atoms with E-state index < -0.39 is 8.07 Å². The van der Waals surface area contributed by atoms with Gasteiger partial charge in [-0.15, -0.1) is 11.3 Å². The molecule has 0 N–H and O–H groups in total. The maximum Gasteiger partial charge on any atom is 0.107 e. The van der Waals surface area contributed by atoms with Crippen LogP contribution in [0.4, 0.5) is 0 Å². The van der Waals surface area contributed by atoms with E-state index in [1.807, 2.05) is 11.3 Å². The summed E-state index contributed by atoms with van der Waals surface area (Å²) in [5.41, 5.74) is 2.41. The van der Waals surface area contributed by atoms with Crippen LogP contribution in [0.2, 0.25) is 16.6 Å². The van der Waals surface area contributed by atoms with Gasteiger partial charge in [-0.1, -0.05) is 47.6 Å². The minimum Gasteiger partial charge on any atom is -0.138 e. The van der Waals surface area contributed by atoms with Crippen LogP contribution in [0.15, 0.2) is 15.9 Å². The molecule has 1 rings (SSSR count). The van der Waals surface area contributed by atoms with Gasteiger partial charge in [-0.05, 0) is 43.1 Å². The lowest BCUT2D eigenvalue weighted by atomic mass is 10.5. The van der Waals surface area contributed by atoms with Gasteiger partial charge >= 0.3 is 0 Å². The summed E-state index contributed by atoms with van der Waals surface area (Å²) in [5.74, 6) is 0. The minimum atomic E-state index is -1.39. The van der Waals surface area contributed by atoms with Crippen LogP contribution in [0.1, 0.15) is 41.5 Å². The number of thiophene rings is 1. The molecule has 0 bridgehead atoms. The molecule has 92 valence electrons. The first kappa shape index (κ1) is 14.5. The van der Waals surface area contributed by atoms with Crippen molar-refractivity contribution in [2.45, 2.75) is 58.2 Å². The topological polar surface area (TPSA) is 0 Å². The fourth-order valence-electron chi connectivity index (χ4n) is 3.40. The Balaban J connectivity index is 3.33. The van der Waals surface area contributed by atoms with E-state index >= 15 is 0 Å². The summed E-state index contributed by atoms with van der Waals surface area (Å²) in [6.07, 6.45) is 0. The first-order valence-electron chi connectivity index (χ1n) is 6.09. The molecular formula is C13H23BrSSi. The highest BCUT2D eigenvalue weighted by atomic mass is 79.9. The van der Waals surface area contributed by atoms with Crippen molar-refractivity contribution in [1.29, 1.82) is 0 Å². The molecule has 0 saturated heterocycles. The molecule has 0 spiro atoms. The quantitative estimate of drug-likeness (QED) is 0.652. The van der Waals surface area contributed by atoms with Crippen molar-refractivity contribution in [3.05, 3.63) is 15.9 Å². The number of hydrogen-bond acceptors (Lipinski definition) is 1. The summed E-state index contributed by atoms with van der Waals surface area (Å²) in [5, 5.41) is 0. The van der Waals surface area contributed by atoms with E-state index in [-0.39, 0.29) is 0 Å². The van der Waals surface area contributed by atoms with Crippen molar-refractivity contribution >= 4 is 39.8 Å². The smallest absolute Gasteiger partial charge is 0.107 e. The number of halogens is 1. The Kier molecular flexibility index (Phi) is 4.84. The second-order valence-corrected chi connectivity index (χ2v) is 14.2. The Bertz CT molecular complexity index is 320. The van der Waals surface area contributed by atoms with Gasteiger partial charge < -0.3 is 0 Å². The third-order valence-corrected chi connectivity index (χ3v) is 13.4. The van der Waals surface area contributed by atoms with Gasteiger partial charge in [0.25, 0.3) is 0 Å². The lowest BCUT2D eigenvalue weighted by molar-refractivity contribution is 0.837. The standard InChI is InChI=1S/C13H23BrSSi/c1-9(2)16(10(3)4,11(5)6)13-8-7-12(14)15-13/h7-11H,1-6H3. The fourth-order valence-corrected chi connectivity index (χ4v) is 14.2. The zero-order valence-electron chi connectivity index (χ0n) is 11.2. The summed E-state index contributed by atoms with van der Waals surface area (Å²) in [4.78, 5) is 0. The van der Waals surface area contributed by atoms with Crippen LogP contribution in [0, 0.1) is 0 Å². The van der Waals surface area contributed by atoms with E-state index in [0.717, 1.165) is 16.6 Å². The Morgan fingerprint density at radius 3 is 1.62 bits per heavy atom. The Morgan fingerprint density at radius 2 is 1.38 bits per heavy atom. The van der Waals surface area contributed by atoms with E-state index in [0.29, 0.717) is 0 Å². The highest BCUT2D eigenvalue weighted by molar-refractivity contribution is 9.11. The molecule has 0 nitrogen and oxygen atoms in total. The molecule has 1 aromatic heterocycles. The molecule has 0 saturated carbocycles. The summed E-state index contributed by atoms with van der Waals surface area (Å²) < 4.78 is 2.95. The molecule has 16 heavy (non-hydrogen) atoms. The fraction of sp³-hybridized carbons (Fsp3) is 0.692. The molecule has 0 amide bonds. The normalized spacial score (nSPS) is 13.1. The van der Waals surface area contributed by atoms with Crippen molar-refractivity contribution < 1.29 is 0 Å². The first-order valence-corrected chi connectivity index (χ1v) is 9.93. The maximum atomic E-state index is 3.61. The second-order valence-electron chi connectivity index (χ2n) is 5.50. The monoisotopic (exact) mass is 318 g/mol. The minimum absolute atomic E-state index is 0.804. The van der Waals surface area contributed by atoms with Gasteiger partial charge in [-0.3, -0.25) is 0 Å². The molecule has 0 unspecified atom stereocenters. The van der Waals surface area contributed by atoms with Crippen LogP contribution < -0.4 is 4.50 Å². The van der Waals surface area contributed by atoms with E-state index in [2.05, 4.69) is 69.6 Å². The first-order chi connectivity index (χ1) is 7.33. The lowest BCUT2D eigenvalue weighted by Crippen LogP contribution is -2.54. The van der Waals surface area contributed by atoms with Crippen LogP contribution in [0.25, 0.3) is 0 Å². The maximum absolute atomic E-state index is 3.61. The van der Waals surface area contributed by atoms with Gasteiger partial charge in [0, 0.05) is 0 Å². The van der Waals surface area contributed by atoms with Gasteiger partial charge in [-0.25, -0.2) is 0 Å². The molecule has 1 heterocycles. The number of hydrogen-bond donors (Lipinski definition) is 0. The molecule has 0 aliphatic heterocycles. The molecule has 0 aliphatic carbocycles. The predicted octanol–water partition coefficient (Wildman–Crippen LogP) is 5.40.